The van der Waals surface area contributed by atoms with Gasteiger partial charge in [0.05, 0.1) is 4.90 Å². The molecule has 0 aliphatic carbocycles. The molecule has 7 heteroatoms. The molecule has 0 radical (unpaired) electrons. The molecular formula is C16H16FNO4S. The van der Waals surface area contributed by atoms with Gasteiger partial charge >= 0.3 is 5.97 Å². The molecule has 2 aromatic rings. The summed E-state index contributed by atoms with van der Waals surface area (Å²) >= 11 is 0. The molecule has 0 saturated carbocycles. The van der Waals surface area contributed by atoms with Gasteiger partial charge < -0.3 is 5.11 Å². The number of carbonyl (C=O) groups is 1. The molecule has 0 bridgehead atoms. The minimum absolute atomic E-state index is 0.0118. The molecule has 2 rings (SSSR count). The fraction of sp³-hybridized carbons (Fsp3) is 0.188. The monoisotopic (exact) mass is 337 g/mol. The number of aliphatic carboxylic acids is 1. The highest BCUT2D eigenvalue weighted by Gasteiger charge is 2.33. The second-order valence-electron chi connectivity index (χ2n) is 4.98. The second-order valence-corrected chi connectivity index (χ2v) is 6.98. The van der Waals surface area contributed by atoms with Crippen LogP contribution in [0.25, 0.3) is 0 Å². The smallest absolute Gasteiger partial charge is 0.322 e. The summed E-state index contributed by atoms with van der Waals surface area (Å²) in [6, 6.07) is 11.8. The van der Waals surface area contributed by atoms with Crippen molar-refractivity contribution in [2.45, 2.75) is 17.4 Å². The molecule has 0 aliphatic heterocycles. The van der Waals surface area contributed by atoms with Crippen molar-refractivity contribution in [3.63, 3.8) is 0 Å². The fourth-order valence-corrected chi connectivity index (χ4v) is 3.50. The van der Waals surface area contributed by atoms with Crippen molar-refractivity contribution >= 4 is 16.0 Å². The Morgan fingerprint density at radius 3 is 2.26 bits per heavy atom. The van der Waals surface area contributed by atoms with Crippen LogP contribution in [-0.4, -0.2) is 36.9 Å². The van der Waals surface area contributed by atoms with Crippen molar-refractivity contribution in [3.05, 3.63) is 66.0 Å². The van der Waals surface area contributed by atoms with E-state index >= 15 is 0 Å². The molecule has 0 amide bonds. The van der Waals surface area contributed by atoms with E-state index in [2.05, 4.69) is 0 Å². The molecule has 1 atom stereocenters. The highest BCUT2D eigenvalue weighted by atomic mass is 32.2. The number of sulfonamides is 1. The van der Waals surface area contributed by atoms with E-state index in [1.807, 2.05) is 0 Å². The number of rotatable bonds is 6. The quantitative estimate of drug-likeness (QED) is 0.876. The average Bonchev–Trinajstić information content (AvgIpc) is 2.54. The maximum atomic E-state index is 13.7. The van der Waals surface area contributed by atoms with E-state index in [9.17, 15) is 22.7 Å². The van der Waals surface area contributed by atoms with Crippen LogP contribution < -0.4 is 0 Å². The van der Waals surface area contributed by atoms with Crippen molar-refractivity contribution in [1.29, 1.82) is 0 Å². The Hall–Kier alpha value is -2.25. The number of carboxylic acid groups (broad SMARTS) is 1. The number of likely N-dealkylation sites (N-methyl/N-ethyl adjacent to an activating group) is 1. The van der Waals surface area contributed by atoms with Crippen molar-refractivity contribution in [2.75, 3.05) is 7.05 Å². The van der Waals surface area contributed by atoms with Crippen molar-refractivity contribution in [1.82, 2.24) is 4.31 Å². The number of nitrogens with zero attached hydrogens (tertiary/aromatic N) is 1. The predicted octanol–water partition coefficient (Wildman–Crippen LogP) is 2.14. The molecule has 122 valence electrons. The van der Waals surface area contributed by atoms with Gasteiger partial charge in [0.15, 0.2) is 0 Å². The van der Waals surface area contributed by atoms with Crippen LogP contribution in [0, 0.1) is 5.82 Å². The molecule has 23 heavy (non-hydrogen) atoms. The predicted molar refractivity (Wildman–Crippen MR) is 82.9 cm³/mol. The first-order valence-corrected chi connectivity index (χ1v) is 8.27. The first-order chi connectivity index (χ1) is 10.8. The molecule has 0 saturated heterocycles. The van der Waals surface area contributed by atoms with Gasteiger partial charge in [-0.25, -0.2) is 12.8 Å². The summed E-state index contributed by atoms with van der Waals surface area (Å²) in [7, 11) is -2.80. The zero-order valence-electron chi connectivity index (χ0n) is 12.4. The molecule has 0 unspecified atom stereocenters. The van der Waals surface area contributed by atoms with Gasteiger partial charge in [0.2, 0.25) is 10.0 Å². The number of benzene rings is 2. The largest absolute Gasteiger partial charge is 0.480 e. The lowest BCUT2D eigenvalue weighted by molar-refractivity contribution is -0.141. The summed E-state index contributed by atoms with van der Waals surface area (Å²) in [4.78, 5) is 11.5. The van der Waals surface area contributed by atoms with E-state index in [1.165, 1.54) is 37.4 Å². The zero-order chi connectivity index (χ0) is 17.0. The van der Waals surface area contributed by atoms with Gasteiger partial charge in [-0.2, -0.15) is 4.31 Å². The minimum Gasteiger partial charge on any atom is -0.480 e. The second kappa shape index (κ2) is 6.89. The van der Waals surface area contributed by atoms with E-state index in [0.717, 1.165) is 4.31 Å². The molecule has 0 aliphatic rings. The van der Waals surface area contributed by atoms with Crippen LogP contribution in [0.2, 0.25) is 0 Å². The molecule has 1 N–H and O–H groups in total. The third kappa shape index (κ3) is 3.75. The van der Waals surface area contributed by atoms with Gasteiger partial charge in [-0.3, -0.25) is 4.79 Å². The van der Waals surface area contributed by atoms with Gasteiger partial charge in [0.25, 0.3) is 0 Å². The topological polar surface area (TPSA) is 74.7 Å². The number of carboxylic acids is 1. The maximum Gasteiger partial charge on any atom is 0.322 e. The SMILES string of the molecule is CN([C@H](Cc1ccccc1F)C(=O)O)S(=O)(=O)c1ccccc1. The number of hydrogen-bond acceptors (Lipinski definition) is 3. The average molecular weight is 337 g/mol. The lowest BCUT2D eigenvalue weighted by Gasteiger charge is -2.24. The Kier molecular flexibility index (Phi) is 5.12. The van der Waals surface area contributed by atoms with E-state index in [4.69, 9.17) is 0 Å². The molecule has 0 aromatic heterocycles. The van der Waals surface area contributed by atoms with Gasteiger partial charge in [-0.15, -0.1) is 0 Å². The molecule has 0 spiro atoms. The maximum absolute atomic E-state index is 13.7. The lowest BCUT2D eigenvalue weighted by Crippen LogP contribution is -2.43. The Morgan fingerprint density at radius 2 is 1.70 bits per heavy atom. The minimum atomic E-state index is -3.99. The van der Waals surface area contributed by atoms with Crippen LogP contribution >= 0.6 is 0 Å². The summed E-state index contributed by atoms with van der Waals surface area (Å²) in [5.41, 5.74) is 0.148. The Bertz CT molecular complexity index is 793. The zero-order valence-corrected chi connectivity index (χ0v) is 13.2. The molecule has 0 fully saturated rings. The Morgan fingerprint density at radius 1 is 1.13 bits per heavy atom. The van der Waals surface area contributed by atoms with Gasteiger partial charge in [0.1, 0.15) is 11.9 Å². The summed E-state index contributed by atoms with van der Waals surface area (Å²) < 4.78 is 39.5. The van der Waals surface area contributed by atoms with E-state index in [0.29, 0.717) is 0 Å². The van der Waals surface area contributed by atoms with Crippen LogP contribution in [-0.2, 0) is 21.2 Å². The third-order valence-corrected chi connectivity index (χ3v) is 5.40. The van der Waals surface area contributed by atoms with Crippen LogP contribution in [0.15, 0.2) is 59.5 Å². The van der Waals surface area contributed by atoms with Crippen molar-refractivity contribution < 1.29 is 22.7 Å². The lowest BCUT2D eigenvalue weighted by atomic mass is 10.1. The first kappa shape index (κ1) is 17.1. The fourth-order valence-electron chi connectivity index (χ4n) is 2.17. The summed E-state index contributed by atoms with van der Waals surface area (Å²) in [5.74, 6) is -1.90. The van der Waals surface area contributed by atoms with Crippen molar-refractivity contribution in [3.8, 4) is 0 Å². The van der Waals surface area contributed by atoms with Gasteiger partial charge in [-0.05, 0) is 23.8 Å². The van der Waals surface area contributed by atoms with Crippen LogP contribution in [0.3, 0.4) is 0 Å². The molecule has 5 nitrogen and oxygen atoms in total. The van der Waals surface area contributed by atoms with Crippen molar-refractivity contribution in [2.24, 2.45) is 0 Å². The summed E-state index contributed by atoms with van der Waals surface area (Å²) in [6.45, 7) is 0. The standard InChI is InChI=1S/C16H16FNO4S/c1-18(23(21,22)13-8-3-2-4-9-13)15(16(19)20)11-12-7-5-6-10-14(12)17/h2-10,15H,11H2,1H3,(H,19,20)/t15-/m1/s1. The number of hydrogen-bond donors (Lipinski definition) is 1. The van der Waals surface area contributed by atoms with E-state index in [1.54, 1.807) is 24.3 Å². The van der Waals surface area contributed by atoms with Crippen LogP contribution in [0.1, 0.15) is 5.56 Å². The van der Waals surface area contributed by atoms with E-state index < -0.39 is 27.9 Å². The first-order valence-electron chi connectivity index (χ1n) is 6.83. The molecule has 0 heterocycles. The summed E-state index contributed by atoms with van der Waals surface area (Å²) in [6.07, 6.45) is -0.259. The highest BCUT2D eigenvalue weighted by Crippen LogP contribution is 2.19. The Balaban J connectivity index is 2.35. The van der Waals surface area contributed by atoms with Crippen LogP contribution in [0.4, 0.5) is 4.39 Å². The third-order valence-electron chi connectivity index (χ3n) is 3.52. The number of halogens is 1. The molecule has 2 aromatic carbocycles. The Labute approximate surface area is 134 Å². The molecular weight excluding hydrogens is 321 g/mol. The van der Waals surface area contributed by atoms with Crippen LogP contribution in [0.5, 0.6) is 0 Å². The van der Waals surface area contributed by atoms with E-state index in [-0.39, 0.29) is 16.9 Å². The van der Waals surface area contributed by atoms with Gasteiger partial charge in [-0.1, -0.05) is 36.4 Å². The van der Waals surface area contributed by atoms with Gasteiger partial charge in [0, 0.05) is 13.5 Å². The normalized spacial score (nSPS) is 13.0. The summed E-state index contributed by atoms with van der Waals surface area (Å²) in [5, 5.41) is 9.38. The highest BCUT2D eigenvalue weighted by molar-refractivity contribution is 7.89.